The molecule has 3 heteroatoms. The molecule has 2 aromatic carbocycles. The van der Waals surface area contributed by atoms with Crippen LogP contribution in [0.5, 0.6) is 0 Å². The maximum atomic E-state index is 11.9. The van der Waals surface area contributed by atoms with E-state index in [1.807, 2.05) is 39.0 Å². The van der Waals surface area contributed by atoms with Crippen molar-refractivity contribution in [2.24, 2.45) is 11.7 Å². The second kappa shape index (κ2) is 8.65. The van der Waals surface area contributed by atoms with E-state index in [-0.39, 0.29) is 24.0 Å². The minimum absolute atomic E-state index is 0.0534. The fraction of sp³-hybridized carbons (Fsp3) is 0.381. The van der Waals surface area contributed by atoms with Crippen LogP contribution < -0.4 is 5.73 Å². The minimum atomic E-state index is -0.175. The first-order chi connectivity index (χ1) is 11.5. The molecule has 0 aliphatic heterocycles. The van der Waals surface area contributed by atoms with E-state index in [0.29, 0.717) is 6.42 Å². The third kappa shape index (κ3) is 5.50. The number of benzene rings is 2. The fourth-order valence-corrected chi connectivity index (χ4v) is 2.75. The van der Waals surface area contributed by atoms with Crippen LogP contribution in [-0.4, -0.2) is 18.1 Å². The van der Waals surface area contributed by atoms with Gasteiger partial charge in [0.1, 0.15) is 0 Å². The lowest BCUT2D eigenvalue weighted by Crippen LogP contribution is -2.29. The largest absolute Gasteiger partial charge is 0.463 e. The molecule has 0 saturated carbocycles. The molecule has 0 aliphatic rings. The van der Waals surface area contributed by atoms with Crippen LogP contribution in [0.4, 0.5) is 0 Å². The maximum absolute atomic E-state index is 11.9. The molecule has 0 amide bonds. The highest BCUT2D eigenvalue weighted by molar-refractivity contribution is 5.72. The summed E-state index contributed by atoms with van der Waals surface area (Å²) in [6.07, 6.45) is 1.31. The van der Waals surface area contributed by atoms with Gasteiger partial charge in [0.25, 0.3) is 0 Å². The molecule has 0 spiro atoms. The van der Waals surface area contributed by atoms with Gasteiger partial charge in [-0.3, -0.25) is 4.79 Å². The van der Waals surface area contributed by atoms with Crippen LogP contribution in [0.2, 0.25) is 0 Å². The molecule has 24 heavy (non-hydrogen) atoms. The normalized spacial score (nSPS) is 13.5. The van der Waals surface area contributed by atoms with E-state index in [0.717, 1.165) is 6.42 Å². The Hall–Kier alpha value is -2.13. The molecule has 0 bridgehead atoms. The number of carbonyl (C=O) groups is 1. The van der Waals surface area contributed by atoms with E-state index in [9.17, 15) is 4.79 Å². The highest BCUT2D eigenvalue weighted by atomic mass is 16.5. The zero-order chi connectivity index (χ0) is 17.5. The second-order valence-electron chi connectivity index (χ2n) is 6.65. The van der Waals surface area contributed by atoms with Crippen molar-refractivity contribution in [3.63, 3.8) is 0 Å². The molecule has 0 radical (unpaired) electrons. The SMILES string of the molecule is CC(C)OC(=O)[C@@H](C)C[C@H](N)Cc1ccc(-c2ccccc2)cc1. The Labute approximate surface area is 144 Å². The van der Waals surface area contributed by atoms with E-state index < -0.39 is 0 Å². The van der Waals surface area contributed by atoms with Crippen molar-refractivity contribution >= 4 is 5.97 Å². The van der Waals surface area contributed by atoms with E-state index >= 15 is 0 Å². The molecule has 0 saturated heterocycles. The number of carbonyl (C=O) groups excluding carboxylic acids is 1. The van der Waals surface area contributed by atoms with Gasteiger partial charge >= 0.3 is 5.97 Å². The highest BCUT2D eigenvalue weighted by Crippen LogP contribution is 2.20. The number of ether oxygens (including phenoxy) is 1. The molecule has 0 aliphatic carbocycles. The van der Waals surface area contributed by atoms with Gasteiger partial charge in [-0.2, -0.15) is 0 Å². The van der Waals surface area contributed by atoms with Gasteiger partial charge < -0.3 is 10.5 Å². The summed E-state index contributed by atoms with van der Waals surface area (Å²) in [5.41, 5.74) is 9.81. The van der Waals surface area contributed by atoms with Crippen LogP contribution in [-0.2, 0) is 16.0 Å². The Morgan fingerprint density at radius 2 is 1.54 bits per heavy atom. The summed E-state index contributed by atoms with van der Waals surface area (Å²) in [4.78, 5) is 11.9. The zero-order valence-corrected chi connectivity index (χ0v) is 14.7. The first-order valence-electron chi connectivity index (χ1n) is 8.56. The summed E-state index contributed by atoms with van der Waals surface area (Å²) in [5.74, 6) is -0.342. The van der Waals surface area contributed by atoms with Gasteiger partial charge in [-0.25, -0.2) is 0 Å². The summed E-state index contributed by atoms with van der Waals surface area (Å²) in [5, 5.41) is 0. The molecule has 0 aromatic heterocycles. The second-order valence-corrected chi connectivity index (χ2v) is 6.65. The predicted octanol–water partition coefficient (Wildman–Crippen LogP) is 4.20. The Morgan fingerprint density at radius 1 is 0.958 bits per heavy atom. The first-order valence-corrected chi connectivity index (χ1v) is 8.56. The van der Waals surface area contributed by atoms with Crippen molar-refractivity contribution in [1.82, 2.24) is 0 Å². The average Bonchev–Trinajstić information content (AvgIpc) is 2.55. The maximum Gasteiger partial charge on any atom is 0.308 e. The third-order valence-corrected chi connectivity index (χ3v) is 3.97. The lowest BCUT2D eigenvalue weighted by molar-refractivity contribution is -0.152. The van der Waals surface area contributed by atoms with Gasteiger partial charge in [0, 0.05) is 6.04 Å². The van der Waals surface area contributed by atoms with Crippen LogP contribution >= 0.6 is 0 Å². The van der Waals surface area contributed by atoms with Crippen molar-refractivity contribution in [2.45, 2.75) is 45.8 Å². The van der Waals surface area contributed by atoms with E-state index in [2.05, 4.69) is 36.4 Å². The summed E-state index contributed by atoms with van der Waals surface area (Å²) >= 11 is 0. The van der Waals surface area contributed by atoms with Gasteiger partial charge in [0.05, 0.1) is 12.0 Å². The van der Waals surface area contributed by atoms with Crippen molar-refractivity contribution in [3.8, 4) is 11.1 Å². The number of esters is 1. The van der Waals surface area contributed by atoms with E-state index in [1.54, 1.807) is 0 Å². The van der Waals surface area contributed by atoms with Crippen LogP contribution in [0.1, 0.15) is 32.8 Å². The molecule has 0 heterocycles. The molecule has 128 valence electrons. The van der Waals surface area contributed by atoms with Gasteiger partial charge in [0.15, 0.2) is 0 Å². The number of hydrogen-bond donors (Lipinski definition) is 1. The van der Waals surface area contributed by atoms with Gasteiger partial charge in [0.2, 0.25) is 0 Å². The standard InChI is InChI=1S/C21H27NO2/c1-15(2)24-21(23)16(3)13-20(22)14-17-9-11-19(12-10-17)18-7-5-4-6-8-18/h4-12,15-16,20H,13-14,22H2,1-3H3/t16-,20-/m0/s1. The highest BCUT2D eigenvalue weighted by Gasteiger charge is 2.19. The van der Waals surface area contributed by atoms with Crippen molar-refractivity contribution in [2.75, 3.05) is 0 Å². The first kappa shape index (κ1) is 18.2. The Bertz CT molecular complexity index is 635. The van der Waals surface area contributed by atoms with Crippen LogP contribution in [0.25, 0.3) is 11.1 Å². The topological polar surface area (TPSA) is 52.3 Å². The molecule has 0 fully saturated rings. The average molecular weight is 325 g/mol. The minimum Gasteiger partial charge on any atom is -0.463 e. The molecular formula is C21H27NO2. The summed E-state index contributed by atoms with van der Waals surface area (Å²) < 4.78 is 5.23. The van der Waals surface area contributed by atoms with Crippen LogP contribution in [0.3, 0.4) is 0 Å². The Morgan fingerprint density at radius 3 is 2.12 bits per heavy atom. The fourth-order valence-electron chi connectivity index (χ4n) is 2.75. The Balaban J connectivity index is 1.90. The molecule has 2 aromatic rings. The Kier molecular flexibility index (Phi) is 6.56. The molecule has 3 nitrogen and oxygen atoms in total. The van der Waals surface area contributed by atoms with Crippen molar-refractivity contribution in [1.29, 1.82) is 0 Å². The predicted molar refractivity (Wildman–Crippen MR) is 98.6 cm³/mol. The number of rotatable bonds is 7. The molecule has 2 rings (SSSR count). The van der Waals surface area contributed by atoms with Gasteiger partial charge in [-0.15, -0.1) is 0 Å². The van der Waals surface area contributed by atoms with Gasteiger partial charge in [-0.1, -0.05) is 61.5 Å². The molecule has 2 N–H and O–H groups in total. The van der Waals surface area contributed by atoms with E-state index in [1.165, 1.54) is 16.7 Å². The lowest BCUT2D eigenvalue weighted by Gasteiger charge is -2.18. The monoisotopic (exact) mass is 325 g/mol. The van der Waals surface area contributed by atoms with Crippen LogP contribution in [0, 0.1) is 5.92 Å². The number of nitrogens with two attached hydrogens (primary N) is 1. The third-order valence-electron chi connectivity index (χ3n) is 3.97. The van der Waals surface area contributed by atoms with Crippen molar-refractivity contribution < 1.29 is 9.53 Å². The quantitative estimate of drug-likeness (QED) is 0.776. The van der Waals surface area contributed by atoms with Crippen LogP contribution in [0.15, 0.2) is 54.6 Å². The summed E-state index contributed by atoms with van der Waals surface area (Å²) in [7, 11) is 0. The molecule has 0 unspecified atom stereocenters. The lowest BCUT2D eigenvalue weighted by atomic mass is 9.95. The van der Waals surface area contributed by atoms with Gasteiger partial charge in [-0.05, 0) is 43.4 Å². The zero-order valence-electron chi connectivity index (χ0n) is 14.7. The molecule has 2 atom stereocenters. The molecular weight excluding hydrogens is 298 g/mol. The number of hydrogen-bond acceptors (Lipinski definition) is 3. The van der Waals surface area contributed by atoms with E-state index in [4.69, 9.17) is 10.5 Å². The van der Waals surface area contributed by atoms with Crippen molar-refractivity contribution in [3.05, 3.63) is 60.2 Å². The summed E-state index contributed by atoms with van der Waals surface area (Å²) in [6.45, 7) is 5.60. The smallest absolute Gasteiger partial charge is 0.308 e. The summed E-state index contributed by atoms with van der Waals surface area (Å²) in [6, 6.07) is 18.7.